The smallest absolute Gasteiger partial charge is 0.253 e. The van der Waals surface area contributed by atoms with Gasteiger partial charge in [-0.1, -0.05) is 30.3 Å². The molecule has 136 valence electrons. The minimum Gasteiger partial charge on any atom is -0.354 e. The predicted octanol–water partition coefficient (Wildman–Crippen LogP) is 4.10. The summed E-state index contributed by atoms with van der Waals surface area (Å²) in [5.41, 5.74) is 2.67. The summed E-state index contributed by atoms with van der Waals surface area (Å²) < 4.78 is 13.6. The molecule has 3 aromatic rings. The third-order valence-corrected chi connectivity index (χ3v) is 3.96. The molecule has 1 amide bonds. The number of amides is 1. The molecule has 2 aromatic carbocycles. The number of benzene rings is 2. The van der Waals surface area contributed by atoms with Crippen LogP contribution in [-0.4, -0.2) is 16.7 Å². The Kier molecular flexibility index (Phi) is 5.56. The Balaban J connectivity index is 1.69. The van der Waals surface area contributed by atoms with Gasteiger partial charge < -0.3 is 10.6 Å². The number of Topliss-reactive ketones (excluding diaryl/α,β-unsaturated/α-hetero) is 1. The number of anilines is 2. The number of rotatable bonds is 6. The largest absolute Gasteiger partial charge is 0.354 e. The van der Waals surface area contributed by atoms with E-state index in [1.807, 2.05) is 6.07 Å². The van der Waals surface area contributed by atoms with Crippen molar-refractivity contribution in [2.45, 2.75) is 13.5 Å². The molecule has 6 heteroatoms. The average Bonchev–Trinajstić information content (AvgIpc) is 2.67. The third kappa shape index (κ3) is 4.76. The van der Waals surface area contributed by atoms with Crippen LogP contribution < -0.4 is 10.6 Å². The van der Waals surface area contributed by atoms with Gasteiger partial charge in [0, 0.05) is 29.6 Å². The van der Waals surface area contributed by atoms with Crippen molar-refractivity contribution in [3.63, 3.8) is 0 Å². The van der Waals surface area contributed by atoms with E-state index in [2.05, 4.69) is 15.6 Å². The van der Waals surface area contributed by atoms with Crippen LogP contribution in [0.4, 0.5) is 15.8 Å². The molecule has 0 fully saturated rings. The molecular weight excluding hydrogens is 345 g/mol. The highest BCUT2D eigenvalue weighted by atomic mass is 19.1. The maximum Gasteiger partial charge on any atom is 0.253 e. The summed E-state index contributed by atoms with van der Waals surface area (Å²) in [4.78, 5) is 27.9. The number of carbonyl (C=O) groups excluding carboxylic acids is 2. The number of halogens is 1. The minimum atomic E-state index is -0.364. The Labute approximate surface area is 156 Å². The number of hydrogen-bond acceptors (Lipinski definition) is 4. The maximum atomic E-state index is 13.6. The van der Waals surface area contributed by atoms with Crippen molar-refractivity contribution in [3.05, 3.63) is 89.5 Å². The van der Waals surface area contributed by atoms with Gasteiger partial charge in [-0.05, 0) is 31.2 Å². The fourth-order valence-corrected chi connectivity index (χ4v) is 2.53. The van der Waals surface area contributed by atoms with Crippen LogP contribution in [-0.2, 0) is 6.54 Å². The van der Waals surface area contributed by atoms with Gasteiger partial charge in [0.05, 0.1) is 17.4 Å². The quantitative estimate of drug-likeness (QED) is 0.647. The summed E-state index contributed by atoms with van der Waals surface area (Å²) in [6.07, 6.45) is 3.02. The van der Waals surface area contributed by atoms with Crippen LogP contribution in [0.2, 0.25) is 0 Å². The Hall–Kier alpha value is -3.54. The van der Waals surface area contributed by atoms with E-state index in [1.54, 1.807) is 48.7 Å². The van der Waals surface area contributed by atoms with Gasteiger partial charge in [0.25, 0.3) is 5.91 Å². The van der Waals surface area contributed by atoms with Crippen molar-refractivity contribution < 1.29 is 14.0 Å². The monoisotopic (exact) mass is 363 g/mol. The standard InChI is InChI=1S/C21H18FN3O2/c1-14(26)15-6-4-7-18(9-15)25-19-10-17(11-23-13-19)21(27)24-12-16-5-2-3-8-20(16)22/h2-11,13,25H,12H2,1H3,(H,24,27). The summed E-state index contributed by atoms with van der Waals surface area (Å²) in [5, 5.41) is 5.80. The van der Waals surface area contributed by atoms with E-state index in [-0.39, 0.29) is 24.1 Å². The lowest BCUT2D eigenvalue weighted by atomic mass is 10.1. The van der Waals surface area contributed by atoms with Crippen molar-refractivity contribution in [2.75, 3.05) is 5.32 Å². The molecular formula is C21H18FN3O2. The van der Waals surface area contributed by atoms with E-state index in [4.69, 9.17) is 0 Å². The van der Waals surface area contributed by atoms with Crippen molar-refractivity contribution in [2.24, 2.45) is 0 Å². The zero-order valence-electron chi connectivity index (χ0n) is 14.7. The van der Waals surface area contributed by atoms with Crippen molar-refractivity contribution in [1.29, 1.82) is 0 Å². The molecule has 1 aromatic heterocycles. The zero-order valence-corrected chi connectivity index (χ0v) is 14.7. The second-order valence-electron chi connectivity index (χ2n) is 6.00. The summed E-state index contributed by atoms with van der Waals surface area (Å²) >= 11 is 0. The van der Waals surface area contributed by atoms with E-state index in [1.165, 1.54) is 19.2 Å². The molecule has 1 heterocycles. The fraction of sp³-hybridized carbons (Fsp3) is 0.0952. The molecule has 0 aliphatic carbocycles. The molecule has 0 radical (unpaired) electrons. The molecule has 0 atom stereocenters. The molecule has 5 nitrogen and oxygen atoms in total. The van der Waals surface area contributed by atoms with E-state index < -0.39 is 0 Å². The Morgan fingerprint density at radius 2 is 1.74 bits per heavy atom. The van der Waals surface area contributed by atoms with Crippen LogP contribution in [0.25, 0.3) is 0 Å². The van der Waals surface area contributed by atoms with Gasteiger partial charge in [-0.15, -0.1) is 0 Å². The summed E-state index contributed by atoms with van der Waals surface area (Å²) in [6, 6.07) is 15.0. The Morgan fingerprint density at radius 3 is 2.52 bits per heavy atom. The normalized spacial score (nSPS) is 10.3. The van der Waals surface area contributed by atoms with Crippen LogP contribution in [0.3, 0.4) is 0 Å². The summed E-state index contributed by atoms with van der Waals surface area (Å²) in [7, 11) is 0. The third-order valence-electron chi connectivity index (χ3n) is 3.96. The number of carbonyl (C=O) groups is 2. The second-order valence-corrected chi connectivity index (χ2v) is 6.00. The first-order valence-corrected chi connectivity index (χ1v) is 8.37. The number of hydrogen-bond donors (Lipinski definition) is 2. The van der Waals surface area contributed by atoms with Gasteiger partial charge >= 0.3 is 0 Å². The molecule has 0 saturated heterocycles. The maximum absolute atomic E-state index is 13.6. The van der Waals surface area contributed by atoms with Crippen LogP contribution >= 0.6 is 0 Å². The highest BCUT2D eigenvalue weighted by molar-refractivity contribution is 5.96. The van der Waals surface area contributed by atoms with Gasteiger partial charge in [-0.25, -0.2) is 4.39 Å². The van der Waals surface area contributed by atoms with E-state index in [0.717, 1.165) is 0 Å². The second kappa shape index (κ2) is 8.23. The van der Waals surface area contributed by atoms with Crippen LogP contribution in [0, 0.1) is 5.82 Å². The molecule has 0 unspecified atom stereocenters. The molecule has 0 spiro atoms. The van der Waals surface area contributed by atoms with E-state index in [0.29, 0.717) is 28.1 Å². The Morgan fingerprint density at radius 1 is 0.963 bits per heavy atom. The molecule has 27 heavy (non-hydrogen) atoms. The lowest BCUT2D eigenvalue weighted by molar-refractivity contribution is 0.0949. The fourth-order valence-electron chi connectivity index (χ4n) is 2.53. The number of nitrogens with zero attached hydrogens (tertiary/aromatic N) is 1. The average molecular weight is 363 g/mol. The number of aromatic nitrogens is 1. The molecule has 0 aliphatic heterocycles. The number of ketones is 1. The van der Waals surface area contributed by atoms with E-state index in [9.17, 15) is 14.0 Å². The van der Waals surface area contributed by atoms with Crippen molar-refractivity contribution in [3.8, 4) is 0 Å². The van der Waals surface area contributed by atoms with Crippen LogP contribution in [0.15, 0.2) is 67.0 Å². The van der Waals surface area contributed by atoms with E-state index >= 15 is 0 Å². The SMILES string of the molecule is CC(=O)c1cccc(Nc2cncc(C(=O)NCc3ccccc3F)c2)c1. The zero-order chi connectivity index (χ0) is 19.2. The molecule has 0 aliphatic rings. The Bertz CT molecular complexity index is 988. The first-order valence-electron chi connectivity index (χ1n) is 8.37. The van der Waals surface area contributed by atoms with Gasteiger partial charge in [0.15, 0.2) is 5.78 Å². The van der Waals surface area contributed by atoms with Gasteiger partial charge in [-0.3, -0.25) is 14.6 Å². The summed E-state index contributed by atoms with van der Waals surface area (Å²) in [5.74, 6) is -0.748. The highest BCUT2D eigenvalue weighted by Crippen LogP contribution is 2.18. The lowest BCUT2D eigenvalue weighted by Gasteiger charge is -2.10. The van der Waals surface area contributed by atoms with Gasteiger partial charge in [0.2, 0.25) is 0 Å². The first-order chi connectivity index (χ1) is 13.0. The van der Waals surface area contributed by atoms with Crippen LogP contribution in [0.5, 0.6) is 0 Å². The van der Waals surface area contributed by atoms with Gasteiger partial charge in [-0.2, -0.15) is 0 Å². The minimum absolute atomic E-state index is 0.0296. The lowest BCUT2D eigenvalue weighted by Crippen LogP contribution is -2.23. The molecule has 0 saturated carbocycles. The number of nitrogens with one attached hydrogen (secondary N) is 2. The van der Waals surface area contributed by atoms with Crippen LogP contribution in [0.1, 0.15) is 33.2 Å². The summed E-state index contributed by atoms with van der Waals surface area (Å²) in [6.45, 7) is 1.59. The molecule has 3 rings (SSSR count). The first kappa shape index (κ1) is 18.3. The number of pyridine rings is 1. The van der Waals surface area contributed by atoms with Crippen molar-refractivity contribution in [1.82, 2.24) is 10.3 Å². The predicted molar refractivity (Wildman–Crippen MR) is 102 cm³/mol. The van der Waals surface area contributed by atoms with Crippen molar-refractivity contribution >= 4 is 23.1 Å². The highest BCUT2D eigenvalue weighted by Gasteiger charge is 2.09. The molecule has 2 N–H and O–H groups in total. The van der Waals surface area contributed by atoms with Gasteiger partial charge in [0.1, 0.15) is 5.82 Å². The molecule has 0 bridgehead atoms. The topological polar surface area (TPSA) is 71.1 Å².